The van der Waals surface area contributed by atoms with E-state index in [0.29, 0.717) is 6.42 Å². The van der Waals surface area contributed by atoms with Crippen LogP contribution in [0.25, 0.3) is 0 Å². The number of imide groups is 1. The average Bonchev–Trinajstić information content (AvgIpc) is 3.19. The summed E-state index contributed by atoms with van der Waals surface area (Å²) in [6, 6.07) is 7.40. The molecule has 2 aliphatic carbocycles. The number of carbonyl (C=O) groups excluding carboxylic acids is 3. The molecule has 114 valence electrons. The van der Waals surface area contributed by atoms with E-state index in [9.17, 15) is 14.4 Å². The Morgan fingerprint density at radius 3 is 2.86 bits per heavy atom. The number of urea groups is 1. The van der Waals surface area contributed by atoms with Crippen molar-refractivity contribution in [3.63, 3.8) is 0 Å². The van der Waals surface area contributed by atoms with E-state index < -0.39 is 11.6 Å². The Morgan fingerprint density at radius 2 is 2.09 bits per heavy atom. The molecule has 1 atom stereocenters. The molecule has 1 saturated carbocycles. The molecule has 0 bridgehead atoms. The summed E-state index contributed by atoms with van der Waals surface area (Å²) in [5, 5.41) is 5.62. The first-order chi connectivity index (χ1) is 10.6. The number of hydrogen-bond donors (Lipinski definition) is 2. The van der Waals surface area contributed by atoms with Crippen molar-refractivity contribution in [3.8, 4) is 0 Å². The predicted octanol–water partition coefficient (Wildman–Crippen LogP) is 0.658. The van der Waals surface area contributed by atoms with Crippen LogP contribution in [0.3, 0.4) is 0 Å². The first-order valence-electron chi connectivity index (χ1n) is 7.62. The van der Waals surface area contributed by atoms with Crippen molar-refractivity contribution < 1.29 is 14.4 Å². The van der Waals surface area contributed by atoms with E-state index in [4.69, 9.17) is 0 Å². The number of rotatable bonds is 3. The molecule has 0 aromatic heterocycles. The monoisotopic (exact) mass is 299 g/mol. The number of carbonyl (C=O) groups is 3. The van der Waals surface area contributed by atoms with Crippen LogP contribution in [0.1, 0.15) is 30.4 Å². The highest BCUT2D eigenvalue weighted by atomic mass is 16.2. The number of fused-ring (bicyclic) bond motifs is 2. The van der Waals surface area contributed by atoms with Gasteiger partial charge in [0.1, 0.15) is 12.1 Å². The minimum absolute atomic E-state index is 0.203. The van der Waals surface area contributed by atoms with Gasteiger partial charge in [0.25, 0.3) is 5.91 Å². The molecule has 4 rings (SSSR count). The molecule has 6 heteroatoms. The molecule has 1 aromatic carbocycles. The van der Waals surface area contributed by atoms with Crippen molar-refractivity contribution in [2.45, 2.75) is 37.3 Å². The van der Waals surface area contributed by atoms with Gasteiger partial charge in [0.2, 0.25) is 5.91 Å². The molecular formula is C16H17N3O3. The van der Waals surface area contributed by atoms with E-state index in [1.54, 1.807) is 0 Å². The first-order valence-corrected chi connectivity index (χ1v) is 7.62. The van der Waals surface area contributed by atoms with Crippen LogP contribution in [-0.2, 0) is 21.5 Å². The second-order valence-corrected chi connectivity index (χ2v) is 6.23. The van der Waals surface area contributed by atoms with Gasteiger partial charge in [0.05, 0.1) is 0 Å². The summed E-state index contributed by atoms with van der Waals surface area (Å²) in [4.78, 5) is 38.0. The van der Waals surface area contributed by atoms with Gasteiger partial charge in [-0.3, -0.25) is 14.5 Å². The molecule has 1 spiro atoms. The zero-order valence-corrected chi connectivity index (χ0v) is 12.1. The highest BCUT2D eigenvalue weighted by Gasteiger charge is 2.55. The van der Waals surface area contributed by atoms with Crippen LogP contribution in [0, 0.1) is 0 Å². The van der Waals surface area contributed by atoms with Crippen LogP contribution in [-0.4, -0.2) is 35.3 Å². The van der Waals surface area contributed by atoms with Crippen molar-refractivity contribution in [3.05, 3.63) is 35.4 Å². The summed E-state index contributed by atoms with van der Waals surface area (Å²) in [6.07, 6.45) is 3.26. The van der Waals surface area contributed by atoms with Crippen LogP contribution in [0.2, 0.25) is 0 Å². The fourth-order valence-electron chi connectivity index (χ4n) is 3.38. The number of amides is 4. The zero-order valence-electron chi connectivity index (χ0n) is 12.1. The molecule has 2 N–H and O–H groups in total. The van der Waals surface area contributed by atoms with Gasteiger partial charge in [-0.25, -0.2) is 4.79 Å². The highest BCUT2D eigenvalue weighted by Crippen LogP contribution is 2.41. The van der Waals surface area contributed by atoms with Crippen LogP contribution < -0.4 is 10.6 Å². The zero-order chi connectivity index (χ0) is 15.3. The van der Waals surface area contributed by atoms with Gasteiger partial charge in [0.15, 0.2) is 0 Å². The molecule has 3 aliphatic rings. The predicted molar refractivity (Wildman–Crippen MR) is 77.9 cm³/mol. The lowest BCUT2D eigenvalue weighted by Gasteiger charge is -2.22. The van der Waals surface area contributed by atoms with Gasteiger partial charge >= 0.3 is 6.03 Å². The lowest BCUT2D eigenvalue weighted by atomic mass is 9.92. The normalized spacial score (nSPS) is 26.3. The Labute approximate surface area is 127 Å². The molecule has 2 fully saturated rings. The summed E-state index contributed by atoms with van der Waals surface area (Å²) in [7, 11) is 0. The second-order valence-electron chi connectivity index (χ2n) is 6.23. The lowest BCUT2D eigenvalue weighted by molar-refractivity contribution is -0.135. The molecule has 1 unspecified atom stereocenters. The third kappa shape index (κ3) is 1.90. The minimum atomic E-state index is -0.979. The minimum Gasteiger partial charge on any atom is -0.352 e. The van der Waals surface area contributed by atoms with E-state index in [2.05, 4.69) is 10.6 Å². The summed E-state index contributed by atoms with van der Waals surface area (Å²) in [5.41, 5.74) is 0.965. The van der Waals surface area contributed by atoms with Crippen molar-refractivity contribution in [1.29, 1.82) is 0 Å². The van der Waals surface area contributed by atoms with Gasteiger partial charge in [-0.15, -0.1) is 0 Å². The Balaban J connectivity index is 1.58. The first kappa shape index (κ1) is 13.3. The summed E-state index contributed by atoms with van der Waals surface area (Å²) in [5.74, 6) is -0.581. The molecule has 1 heterocycles. The number of aryl methyl sites for hydroxylation is 1. The van der Waals surface area contributed by atoms with Crippen molar-refractivity contribution >= 4 is 17.8 Å². The van der Waals surface area contributed by atoms with Gasteiger partial charge in [0, 0.05) is 6.04 Å². The van der Waals surface area contributed by atoms with E-state index in [0.717, 1.165) is 35.3 Å². The Hall–Kier alpha value is -2.37. The molecule has 1 saturated heterocycles. The quantitative estimate of drug-likeness (QED) is 0.805. The van der Waals surface area contributed by atoms with Crippen LogP contribution >= 0.6 is 0 Å². The average molecular weight is 299 g/mol. The Kier molecular flexibility index (Phi) is 2.76. The third-order valence-electron chi connectivity index (χ3n) is 4.67. The topological polar surface area (TPSA) is 78.5 Å². The van der Waals surface area contributed by atoms with E-state index >= 15 is 0 Å². The molecule has 1 aliphatic heterocycles. The fraction of sp³-hybridized carbons (Fsp3) is 0.438. The van der Waals surface area contributed by atoms with Crippen molar-refractivity contribution in [1.82, 2.24) is 15.5 Å². The van der Waals surface area contributed by atoms with E-state index in [-0.39, 0.29) is 24.4 Å². The molecule has 4 amide bonds. The highest BCUT2D eigenvalue weighted by molar-refractivity contribution is 6.09. The van der Waals surface area contributed by atoms with E-state index in [1.807, 2.05) is 24.3 Å². The van der Waals surface area contributed by atoms with Crippen molar-refractivity contribution in [2.75, 3.05) is 6.54 Å². The summed E-state index contributed by atoms with van der Waals surface area (Å²) >= 11 is 0. The molecular weight excluding hydrogens is 282 g/mol. The number of nitrogens with zero attached hydrogens (tertiary/aromatic N) is 1. The Bertz CT molecular complexity index is 683. The van der Waals surface area contributed by atoms with Crippen LogP contribution in [0.4, 0.5) is 4.79 Å². The SMILES string of the molecule is O=C(CN1C(=O)NC2(CCc3ccccc32)C1=O)NC1CC1. The van der Waals surface area contributed by atoms with Crippen LogP contribution in [0.15, 0.2) is 24.3 Å². The standard InChI is InChI=1S/C16H17N3O3/c20-13(17-11-5-6-11)9-19-14(21)16(18-15(19)22)8-7-10-3-1-2-4-12(10)16/h1-4,11H,5-9H2,(H,17,20)(H,18,22). The fourth-order valence-corrected chi connectivity index (χ4v) is 3.38. The maximum absolute atomic E-state index is 12.8. The summed E-state index contributed by atoms with van der Waals surface area (Å²) in [6.45, 7) is -0.203. The second kappa shape index (κ2) is 4.56. The van der Waals surface area contributed by atoms with Gasteiger partial charge in [-0.05, 0) is 36.8 Å². The van der Waals surface area contributed by atoms with Gasteiger partial charge < -0.3 is 10.6 Å². The smallest absolute Gasteiger partial charge is 0.325 e. The largest absolute Gasteiger partial charge is 0.352 e. The van der Waals surface area contributed by atoms with Gasteiger partial charge in [-0.1, -0.05) is 24.3 Å². The maximum atomic E-state index is 12.8. The third-order valence-corrected chi connectivity index (χ3v) is 4.67. The van der Waals surface area contributed by atoms with Crippen molar-refractivity contribution in [2.24, 2.45) is 0 Å². The maximum Gasteiger partial charge on any atom is 0.325 e. The number of nitrogens with one attached hydrogen (secondary N) is 2. The number of hydrogen-bond acceptors (Lipinski definition) is 3. The Morgan fingerprint density at radius 1 is 1.32 bits per heavy atom. The molecule has 1 aromatic rings. The van der Waals surface area contributed by atoms with Crippen LogP contribution in [0.5, 0.6) is 0 Å². The lowest BCUT2D eigenvalue weighted by Crippen LogP contribution is -2.44. The van der Waals surface area contributed by atoms with E-state index in [1.165, 1.54) is 0 Å². The van der Waals surface area contributed by atoms with Gasteiger partial charge in [-0.2, -0.15) is 0 Å². The molecule has 0 radical (unpaired) electrons. The number of benzene rings is 1. The summed E-state index contributed by atoms with van der Waals surface area (Å²) < 4.78 is 0. The molecule has 6 nitrogen and oxygen atoms in total. The molecule has 22 heavy (non-hydrogen) atoms.